The Morgan fingerprint density at radius 3 is 1.17 bits per heavy atom. The summed E-state index contributed by atoms with van der Waals surface area (Å²) in [4.78, 5) is 12.3. The first kappa shape index (κ1) is 40.4. The van der Waals surface area contributed by atoms with Gasteiger partial charge in [0.05, 0.1) is 18.8 Å². The van der Waals surface area contributed by atoms with Gasteiger partial charge in [-0.25, -0.2) is 0 Å². The number of amides is 1. The minimum Gasteiger partial charge on any atom is -0.394 e. The second kappa shape index (κ2) is 32.3. The molecule has 0 radical (unpaired) electrons. The zero-order valence-corrected chi connectivity index (χ0v) is 27.7. The molecule has 0 aromatic carbocycles. The predicted molar refractivity (Wildman–Crippen MR) is 176 cm³/mol. The van der Waals surface area contributed by atoms with Crippen LogP contribution in [-0.2, 0) is 4.79 Å². The van der Waals surface area contributed by atoms with E-state index in [4.69, 9.17) is 0 Å². The number of carbonyl (C=O) groups excluding carboxylic acids is 1. The number of aliphatic hydroxyl groups excluding tert-OH is 3. The topological polar surface area (TPSA) is 89.8 Å². The Bertz CT molecular complexity index is 530. The second-order valence-corrected chi connectivity index (χ2v) is 12.8. The summed E-state index contributed by atoms with van der Waals surface area (Å²) in [7, 11) is 0. The Kier molecular flexibility index (Phi) is 31.8. The fraction of sp³-hybridized carbons (Fsp3) is 0.972. The van der Waals surface area contributed by atoms with E-state index in [1.165, 1.54) is 135 Å². The van der Waals surface area contributed by atoms with E-state index in [2.05, 4.69) is 19.2 Å². The Balaban J connectivity index is 3.66. The summed E-state index contributed by atoms with van der Waals surface area (Å²) in [6.07, 6.45) is 33.3. The number of hydrogen-bond donors (Lipinski definition) is 4. The van der Waals surface area contributed by atoms with Gasteiger partial charge in [-0.2, -0.15) is 0 Å². The molecule has 0 aliphatic carbocycles. The molecule has 1 amide bonds. The van der Waals surface area contributed by atoms with E-state index in [-0.39, 0.29) is 12.5 Å². The van der Waals surface area contributed by atoms with Crippen LogP contribution in [0.2, 0.25) is 0 Å². The summed E-state index contributed by atoms with van der Waals surface area (Å²) < 4.78 is 0. The Hall–Kier alpha value is -0.650. The molecule has 0 aromatic rings. The molecule has 0 heterocycles. The highest BCUT2D eigenvalue weighted by molar-refractivity contribution is 5.76. The van der Waals surface area contributed by atoms with E-state index in [1.54, 1.807) is 0 Å². The van der Waals surface area contributed by atoms with E-state index in [9.17, 15) is 20.1 Å². The molecule has 0 bridgehead atoms. The zero-order valence-electron chi connectivity index (χ0n) is 27.7. The van der Waals surface area contributed by atoms with Gasteiger partial charge in [-0.15, -0.1) is 0 Å². The first-order valence-corrected chi connectivity index (χ1v) is 18.3. The molecule has 0 aliphatic rings. The van der Waals surface area contributed by atoms with Gasteiger partial charge in [-0.05, 0) is 12.8 Å². The van der Waals surface area contributed by atoms with Crippen molar-refractivity contribution in [1.29, 1.82) is 0 Å². The van der Waals surface area contributed by atoms with E-state index in [1.807, 2.05) is 0 Å². The molecule has 0 aromatic heterocycles. The second-order valence-electron chi connectivity index (χ2n) is 12.8. The summed E-state index contributed by atoms with van der Waals surface area (Å²) in [5, 5.41) is 33.3. The smallest absolute Gasteiger partial charge is 0.220 e. The molecular weight excluding hydrogens is 510 g/mol. The van der Waals surface area contributed by atoms with Gasteiger partial charge >= 0.3 is 0 Å². The van der Waals surface area contributed by atoms with Gasteiger partial charge in [-0.1, -0.05) is 181 Å². The number of aliphatic hydroxyl groups is 3. The quantitative estimate of drug-likeness (QED) is 0.0579. The molecule has 5 nitrogen and oxygen atoms in total. The van der Waals surface area contributed by atoms with Crippen molar-refractivity contribution in [3.05, 3.63) is 0 Å². The monoisotopic (exact) mass is 584 g/mol. The van der Waals surface area contributed by atoms with Crippen LogP contribution in [-0.4, -0.2) is 46.1 Å². The predicted octanol–water partition coefficient (Wildman–Crippen LogP) is 9.54. The van der Waals surface area contributed by atoms with E-state index in [0.717, 1.165) is 38.5 Å². The average molecular weight is 584 g/mol. The Morgan fingerprint density at radius 2 is 0.829 bits per heavy atom. The standard InChI is InChI=1S/C36H73NO4/c1-3-5-7-9-11-13-15-17-18-19-21-23-25-27-29-31-35(40)37-33(32-38)36(41)34(39)30-28-26-24-22-20-16-14-12-10-8-6-4-2/h33-34,36,38-39,41H,3-32H2,1-2H3,(H,37,40)/t33-,34+,36+/m0/s1. The molecule has 5 heteroatoms. The first-order chi connectivity index (χ1) is 20.1. The van der Waals surface area contributed by atoms with Crippen LogP contribution in [0.1, 0.15) is 200 Å². The van der Waals surface area contributed by atoms with Gasteiger partial charge in [-0.3, -0.25) is 4.79 Å². The highest BCUT2D eigenvalue weighted by Gasteiger charge is 2.26. The Morgan fingerprint density at radius 1 is 0.512 bits per heavy atom. The van der Waals surface area contributed by atoms with Crippen molar-refractivity contribution >= 4 is 5.91 Å². The van der Waals surface area contributed by atoms with Crippen molar-refractivity contribution in [2.75, 3.05) is 6.61 Å². The largest absolute Gasteiger partial charge is 0.394 e. The summed E-state index contributed by atoms with van der Waals surface area (Å²) in [6, 6.07) is -0.800. The van der Waals surface area contributed by atoms with Crippen LogP contribution in [0, 0.1) is 0 Å². The minimum atomic E-state index is -1.13. The van der Waals surface area contributed by atoms with E-state index < -0.39 is 18.2 Å². The van der Waals surface area contributed by atoms with Crippen molar-refractivity contribution in [2.24, 2.45) is 0 Å². The molecule has 0 unspecified atom stereocenters. The average Bonchev–Trinajstić information content (AvgIpc) is 2.97. The van der Waals surface area contributed by atoms with Gasteiger partial charge in [0.25, 0.3) is 0 Å². The minimum absolute atomic E-state index is 0.143. The fourth-order valence-electron chi connectivity index (χ4n) is 5.81. The molecule has 4 N–H and O–H groups in total. The lowest BCUT2D eigenvalue weighted by atomic mass is 9.99. The molecule has 0 rings (SSSR count). The molecule has 0 spiro atoms. The molecule has 0 saturated carbocycles. The van der Waals surface area contributed by atoms with E-state index >= 15 is 0 Å². The van der Waals surface area contributed by atoms with Crippen molar-refractivity contribution in [3.8, 4) is 0 Å². The third-order valence-electron chi connectivity index (χ3n) is 8.71. The molecular formula is C36H73NO4. The van der Waals surface area contributed by atoms with Crippen LogP contribution in [0.5, 0.6) is 0 Å². The fourth-order valence-corrected chi connectivity index (χ4v) is 5.81. The molecule has 3 atom stereocenters. The van der Waals surface area contributed by atoms with Crippen LogP contribution >= 0.6 is 0 Å². The number of unbranched alkanes of at least 4 members (excludes halogenated alkanes) is 25. The lowest BCUT2D eigenvalue weighted by Crippen LogP contribution is -2.50. The maximum absolute atomic E-state index is 12.3. The molecule has 0 aliphatic heterocycles. The Labute approximate surface area is 256 Å². The van der Waals surface area contributed by atoms with Crippen molar-refractivity contribution in [2.45, 2.75) is 218 Å². The summed E-state index contributed by atoms with van der Waals surface area (Å²) in [5.41, 5.74) is 0. The van der Waals surface area contributed by atoms with Crippen molar-refractivity contribution in [3.63, 3.8) is 0 Å². The molecule has 0 fully saturated rings. The third-order valence-corrected chi connectivity index (χ3v) is 8.71. The van der Waals surface area contributed by atoms with E-state index in [0.29, 0.717) is 12.8 Å². The van der Waals surface area contributed by atoms with Crippen LogP contribution in [0.15, 0.2) is 0 Å². The zero-order chi connectivity index (χ0) is 30.2. The van der Waals surface area contributed by atoms with Gasteiger partial charge in [0.15, 0.2) is 0 Å². The number of rotatable bonds is 33. The molecule has 246 valence electrons. The number of nitrogens with one attached hydrogen (secondary N) is 1. The third kappa shape index (κ3) is 27.9. The first-order valence-electron chi connectivity index (χ1n) is 18.3. The number of carbonyl (C=O) groups is 1. The van der Waals surface area contributed by atoms with Crippen molar-refractivity contribution < 1.29 is 20.1 Å². The van der Waals surface area contributed by atoms with Crippen LogP contribution < -0.4 is 5.32 Å². The lowest BCUT2D eigenvalue weighted by molar-refractivity contribution is -0.124. The van der Waals surface area contributed by atoms with Crippen LogP contribution in [0.25, 0.3) is 0 Å². The van der Waals surface area contributed by atoms with Crippen LogP contribution in [0.4, 0.5) is 0 Å². The maximum Gasteiger partial charge on any atom is 0.220 e. The molecule has 0 saturated heterocycles. The lowest BCUT2D eigenvalue weighted by Gasteiger charge is -2.26. The molecule has 41 heavy (non-hydrogen) atoms. The van der Waals surface area contributed by atoms with Crippen molar-refractivity contribution in [1.82, 2.24) is 5.32 Å². The van der Waals surface area contributed by atoms with Gasteiger partial charge in [0, 0.05) is 6.42 Å². The summed E-state index contributed by atoms with van der Waals surface area (Å²) >= 11 is 0. The van der Waals surface area contributed by atoms with Gasteiger partial charge in [0.2, 0.25) is 5.91 Å². The summed E-state index contributed by atoms with van der Waals surface area (Å²) in [5.74, 6) is -0.143. The maximum atomic E-state index is 12.3. The summed E-state index contributed by atoms with van der Waals surface area (Å²) in [6.45, 7) is 4.16. The highest BCUT2D eigenvalue weighted by atomic mass is 16.3. The SMILES string of the molecule is CCCCCCCCCCCCCCCCCC(=O)N[C@@H](CO)[C@@H](O)[C@H](O)CCCCCCCCCCCCCC. The number of hydrogen-bond acceptors (Lipinski definition) is 4. The van der Waals surface area contributed by atoms with Gasteiger partial charge in [0.1, 0.15) is 6.10 Å². The highest BCUT2D eigenvalue weighted by Crippen LogP contribution is 2.16. The normalized spacial score (nSPS) is 13.8. The van der Waals surface area contributed by atoms with Gasteiger partial charge < -0.3 is 20.6 Å². The van der Waals surface area contributed by atoms with Crippen LogP contribution in [0.3, 0.4) is 0 Å².